The summed E-state index contributed by atoms with van der Waals surface area (Å²) in [5.74, 6) is 2.35. The summed E-state index contributed by atoms with van der Waals surface area (Å²) in [6.45, 7) is 0. The average molecular weight is 425 g/mol. The van der Waals surface area contributed by atoms with E-state index in [1.54, 1.807) is 0 Å². The minimum absolute atomic E-state index is 0.0329. The van der Waals surface area contributed by atoms with E-state index in [2.05, 4.69) is 26.1 Å². The fourth-order valence-corrected chi connectivity index (χ4v) is 6.05. The van der Waals surface area contributed by atoms with Crippen LogP contribution in [0.2, 0.25) is 0 Å². The van der Waals surface area contributed by atoms with Gasteiger partial charge in [0.2, 0.25) is 11.6 Å². The van der Waals surface area contributed by atoms with Crippen LogP contribution in [0, 0.1) is 38.0 Å². The SMILES string of the molecule is O=[N+]([O-])c1ccc(NNc2ncnc(NC34CC5CC(CC(C5)C3)C4)c2[N+](=O)[O-])cc1. The third-order valence-electron chi connectivity index (χ3n) is 6.83. The minimum Gasteiger partial charge on any atom is -0.359 e. The van der Waals surface area contributed by atoms with E-state index in [1.807, 2.05) is 0 Å². The first kappa shape index (κ1) is 19.5. The first-order valence-electron chi connectivity index (χ1n) is 10.4. The summed E-state index contributed by atoms with van der Waals surface area (Å²) in [4.78, 5) is 30.0. The normalized spacial score (nSPS) is 28.2. The monoisotopic (exact) mass is 425 g/mol. The van der Waals surface area contributed by atoms with Crippen molar-refractivity contribution in [1.29, 1.82) is 0 Å². The Kier molecular flexibility index (Phi) is 4.60. The van der Waals surface area contributed by atoms with Gasteiger partial charge < -0.3 is 5.32 Å². The highest BCUT2D eigenvalue weighted by Crippen LogP contribution is 2.57. The van der Waals surface area contributed by atoms with E-state index in [1.165, 1.54) is 49.9 Å². The van der Waals surface area contributed by atoms with Crippen LogP contribution in [0.25, 0.3) is 0 Å². The standard InChI is InChI=1S/C20H23N7O4/c28-26(29)16-3-1-15(2-4-16)24-25-19-17(27(30)31)18(21-11-22-19)23-20-8-12-5-13(9-20)7-14(6-12)10-20/h1-4,11-14,24H,5-10H2,(H2,21,22,23,25). The van der Waals surface area contributed by atoms with E-state index in [0.29, 0.717) is 23.4 Å². The maximum atomic E-state index is 11.9. The number of benzene rings is 1. The van der Waals surface area contributed by atoms with Crippen molar-refractivity contribution in [1.82, 2.24) is 9.97 Å². The second-order valence-electron chi connectivity index (χ2n) is 9.05. The zero-order valence-electron chi connectivity index (χ0n) is 16.8. The van der Waals surface area contributed by atoms with Crippen LogP contribution in [0.1, 0.15) is 38.5 Å². The molecule has 0 radical (unpaired) electrons. The quantitative estimate of drug-likeness (QED) is 0.440. The van der Waals surface area contributed by atoms with Crippen LogP contribution in [0.4, 0.5) is 28.7 Å². The number of hydrazine groups is 1. The highest BCUT2D eigenvalue weighted by Gasteiger charge is 2.51. The van der Waals surface area contributed by atoms with Crippen molar-refractivity contribution in [2.24, 2.45) is 17.8 Å². The van der Waals surface area contributed by atoms with Crippen molar-refractivity contribution in [3.8, 4) is 0 Å². The highest BCUT2D eigenvalue weighted by molar-refractivity contribution is 5.71. The molecule has 1 aromatic heterocycles. The van der Waals surface area contributed by atoms with Crippen LogP contribution >= 0.6 is 0 Å². The molecule has 4 aliphatic carbocycles. The average Bonchev–Trinajstić information content (AvgIpc) is 2.71. The Morgan fingerprint density at radius 2 is 1.42 bits per heavy atom. The molecule has 31 heavy (non-hydrogen) atoms. The van der Waals surface area contributed by atoms with Gasteiger partial charge in [-0.05, 0) is 68.4 Å². The second kappa shape index (κ2) is 7.33. The van der Waals surface area contributed by atoms with Crippen LogP contribution in [0.5, 0.6) is 0 Å². The molecular weight excluding hydrogens is 402 g/mol. The lowest BCUT2D eigenvalue weighted by Gasteiger charge is -2.57. The van der Waals surface area contributed by atoms with Gasteiger partial charge in [-0.15, -0.1) is 0 Å². The Bertz CT molecular complexity index is 991. The molecule has 4 saturated carbocycles. The lowest BCUT2D eigenvalue weighted by molar-refractivity contribution is -0.384. The number of nitrogens with zero attached hydrogens (tertiary/aromatic N) is 4. The first-order valence-corrected chi connectivity index (χ1v) is 10.4. The fourth-order valence-electron chi connectivity index (χ4n) is 6.05. The largest absolute Gasteiger partial charge is 0.359 e. The molecule has 0 spiro atoms. The zero-order chi connectivity index (χ0) is 21.6. The van der Waals surface area contributed by atoms with E-state index in [4.69, 9.17) is 0 Å². The molecule has 0 unspecified atom stereocenters. The van der Waals surface area contributed by atoms with Gasteiger partial charge in [-0.25, -0.2) is 9.97 Å². The molecule has 6 rings (SSSR count). The van der Waals surface area contributed by atoms with E-state index >= 15 is 0 Å². The van der Waals surface area contributed by atoms with Gasteiger partial charge >= 0.3 is 5.69 Å². The molecule has 11 nitrogen and oxygen atoms in total. The number of hydrogen-bond acceptors (Lipinski definition) is 9. The summed E-state index contributed by atoms with van der Waals surface area (Å²) in [5.41, 5.74) is 5.69. The number of nitro groups is 2. The summed E-state index contributed by atoms with van der Waals surface area (Å²) in [7, 11) is 0. The summed E-state index contributed by atoms with van der Waals surface area (Å²) in [6.07, 6.45) is 8.23. The predicted molar refractivity (Wildman–Crippen MR) is 114 cm³/mol. The Morgan fingerprint density at radius 3 is 1.97 bits per heavy atom. The molecule has 162 valence electrons. The smallest absolute Gasteiger partial charge is 0.354 e. The molecule has 0 amide bonds. The molecule has 11 heteroatoms. The number of anilines is 3. The van der Waals surface area contributed by atoms with Crippen molar-refractivity contribution in [2.75, 3.05) is 16.2 Å². The van der Waals surface area contributed by atoms with Gasteiger partial charge in [0.15, 0.2) is 0 Å². The van der Waals surface area contributed by atoms with Crippen molar-refractivity contribution >= 4 is 28.7 Å². The van der Waals surface area contributed by atoms with Crippen LogP contribution in [-0.2, 0) is 0 Å². The van der Waals surface area contributed by atoms with E-state index in [-0.39, 0.29) is 28.5 Å². The predicted octanol–water partition coefficient (Wildman–Crippen LogP) is 4.11. The molecule has 1 aromatic carbocycles. The van der Waals surface area contributed by atoms with Crippen LogP contribution in [-0.4, -0.2) is 25.4 Å². The molecule has 4 fully saturated rings. The van der Waals surface area contributed by atoms with Crippen molar-refractivity contribution in [3.63, 3.8) is 0 Å². The van der Waals surface area contributed by atoms with Gasteiger partial charge in [0, 0.05) is 17.7 Å². The Balaban J connectivity index is 1.36. The first-order chi connectivity index (χ1) is 14.9. The molecule has 0 atom stereocenters. The van der Waals surface area contributed by atoms with Crippen molar-refractivity contribution in [2.45, 2.75) is 44.1 Å². The molecule has 3 N–H and O–H groups in total. The van der Waals surface area contributed by atoms with E-state index < -0.39 is 9.85 Å². The number of non-ortho nitro benzene ring substituents is 1. The summed E-state index contributed by atoms with van der Waals surface area (Å²) >= 11 is 0. The van der Waals surface area contributed by atoms with E-state index in [9.17, 15) is 20.2 Å². The Morgan fingerprint density at radius 1 is 0.839 bits per heavy atom. The molecule has 0 aliphatic heterocycles. The highest BCUT2D eigenvalue weighted by atomic mass is 16.6. The van der Waals surface area contributed by atoms with Gasteiger partial charge in [-0.3, -0.25) is 31.1 Å². The van der Waals surface area contributed by atoms with Crippen molar-refractivity contribution in [3.05, 3.63) is 50.8 Å². The Hall–Kier alpha value is -3.50. The molecule has 1 heterocycles. The second-order valence-corrected chi connectivity index (χ2v) is 9.05. The third-order valence-corrected chi connectivity index (χ3v) is 6.83. The maximum Gasteiger partial charge on any atom is 0.354 e. The molecule has 0 saturated heterocycles. The molecule has 4 bridgehead atoms. The lowest BCUT2D eigenvalue weighted by Crippen LogP contribution is -2.55. The van der Waals surface area contributed by atoms with Gasteiger partial charge in [-0.2, -0.15) is 0 Å². The van der Waals surface area contributed by atoms with Gasteiger partial charge in [-0.1, -0.05) is 0 Å². The van der Waals surface area contributed by atoms with Gasteiger partial charge in [0.25, 0.3) is 5.69 Å². The van der Waals surface area contributed by atoms with Gasteiger partial charge in [0.1, 0.15) is 6.33 Å². The van der Waals surface area contributed by atoms with Crippen LogP contribution < -0.4 is 16.2 Å². The molecule has 2 aromatic rings. The van der Waals surface area contributed by atoms with Crippen LogP contribution in [0.3, 0.4) is 0 Å². The number of nitrogens with one attached hydrogen (secondary N) is 3. The molecule has 4 aliphatic rings. The summed E-state index contributed by atoms with van der Waals surface area (Å²) < 4.78 is 0. The minimum atomic E-state index is -0.491. The zero-order valence-corrected chi connectivity index (χ0v) is 16.8. The van der Waals surface area contributed by atoms with Crippen LogP contribution in [0.15, 0.2) is 30.6 Å². The van der Waals surface area contributed by atoms with Crippen molar-refractivity contribution < 1.29 is 9.85 Å². The number of rotatable bonds is 7. The van der Waals surface area contributed by atoms with Gasteiger partial charge in [0.05, 0.1) is 15.5 Å². The summed E-state index contributed by atoms with van der Waals surface area (Å²) in [5, 5.41) is 26.1. The van der Waals surface area contributed by atoms with E-state index in [0.717, 1.165) is 19.3 Å². The topological polar surface area (TPSA) is 148 Å². The summed E-state index contributed by atoms with van der Waals surface area (Å²) in [6, 6.07) is 5.70. The maximum absolute atomic E-state index is 11.9. The number of nitro benzene ring substituents is 1. The molecular formula is C20H23N7O4. The lowest BCUT2D eigenvalue weighted by atomic mass is 9.53. The number of aromatic nitrogens is 2. The fraction of sp³-hybridized carbons (Fsp3) is 0.500. The Labute approximate surface area is 177 Å². The third kappa shape index (κ3) is 3.71. The number of hydrogen-bond donors (Lipinski definition) is 3.